The van der Waals surface area contributed by atoms with Gasteiger partial charge in [0.1, 0.15) is 0 Å². The third-order valence-corrected chi connectivity index (χ3v) is 4.58. The standard InChI is InChI=1S/C11H12BrN3OS/c1-5-4-8(17-10(5)12)11(16)13-9-6(2)14-15-7(9)3/h4H,1-3H3,(H,13,16)(H,14,15). The predicted octanol–water partition coefficient (Wildman–Crippen LogP) is 3.41. The van der Waals surface area contributed by atoms with E-state index in [1.54, 1.807) is 0 Å². The van der Waals surface area contributed by atoms with Crippen LogP contribution in [0.25, 0.3) is 0 Å². The summed E-state index contributed by atoms with van der Waals surface area (Å²) in [5.74, 6) is -0.101. The summed E-state index contributed by atoms with van der Waals surface area (Å²) in [5, 5.41) is 9.75. The molecule has 0 unspecified atom stereocenters. The van der Waals surface area contributed by atoms with Crippen LogP contribution in [0.2, 0.25) is 0 Å². The number of aryl methyl sites for hydroxylation is 3. The molecule has 0 radical (unpaired) electrons. The zero-order valence-corrected chi connectivity index (χ0v) is 12.1. The van der Waals surface area contributed by atoms with Crippen molar-refractivity contribution in [3.63, 3.8) is 0 Å². The minimum atomic E-state index is -0.101. The highest BCUT2D eigenvalue weighted by atomic mass is 79.9. The molecule has 0 saturated carbocycles. The Kier molecular flexibility index (Phi) is 3.35. The number of aromatic amines is 1. The third-order valence-electron chi connectivity index (χ3n) is 2.45. The van der Waals surface area contributed by atoms with Crippen LogP contribution in [0.1, 0.15) is 26.6 Å². The summed E-state index contributed by atoms with van der Waals surface area (Å²) >= 11 is 4.84. The van der Waals surface area contributed by atoms with Crippen LogP contribution in [0.5, 0.6) is 0 Å². The molecule has 2 aromatic rings. The Labute approximate surface area is 112 Å². The molecule has 0 aliphatic rings. The molecule has 1 amide bonds. The number of nitrogens with one attached hydrogen (secondary N) is 2. The van der Waals surface area contributed by atoms with Gasteiger partial charge in [-0.3, -0.25) is 9.89 Å². The summed E-state index contributed by atoms with van der Waals surface area (Å²) in [4.78, 5) is 12.7. The molecule has 0 aliphatic heterocycles. The van der Waals surface area contributed by atoms with Crippen LogP contribution in [0.4, 0.5) is 5.69 Å². The van der Waals surface area contributed by atoms with Crippen LogP contribution in [0.3, 0.4) is 0 Å². The Hall–Kier alpha value is -1.14. The second kappa shape index (κ2) is 4.62. The van der Waals surface area contributed by atoms with E-state index in [0.717, 1.165) is 26.4 Å². The summed E-state index contributed by atoms with van der Waals surface area (Å²) in [6.07, 6.45) is 0. The molecule has 2 rings (SSSR count). The van der Waals surface area contributed by atoms with E-state index >= 15 is 0 Å². The summed E-state index contributed by atoms with van der Waals surface area (Å²) in [6.45, 7) is 5.70. The third kappa shape index (κ3) is 2.42. The fourth-order valence-corrected chi connectivity index (χ4v) is 2.91. The first-order valence-electron chi connectivity index (χ1n) is 5.08. The number of aromatic nitrogens is 2. The average Bonchev–Trinajstić information content (AvgIpc) is 2.76. The Morgan fingerprint density at radius 2 is 2.18 bits per heavy atom. The van der Waals surface area contributed by atoms with Crippen molar-refractivity contribution in [2.24, 2.45) is 0 Å². The summed E-state index contributed by atoms with van der Waals surface area (Å²) in [5.41, 5.74) is 3.49. The van der Waals surface area contributed by atoms with E-state index < -0.39 is 0 Å². The van der Waals surface area contributed by atoms with Gasteiger partial charge in [0, 0.05) is 0 Å². The molecule has 0 aromatic carbocycles. The van der Waals surface area contributed by atoms with Gasteiger partial charge in [0.05, 0.1) is 25.7 Å². The van der Waals surface area contributed by atoms with Gasteiger partial charge < -0.3 is 5.32 Å². The highest BCUT2D eigenvalue weighted by Gasteiger charge is 2.14. The largest absolute Gasteiger partial charge is 0.318 e. The lowest BCUT2D eigenvalue weighted by atomic mass is 10.3. The van der Waals surface area contributed by atoms with Gasteiger partial charge in [-0.1, -0.05) is 0 Å². The molecule has 6 heteroatoms. The van der Waals surface area contributed by atoms with E-state index in [-0.39, 0.29) is 5.91 Å². The average molecular weight is 314 g/mol. The Morgan fingerprint density at radius 3 is 2.65 bits per heavy atom. The zero-order valence-electron chi connectivity index (χ0n) is 9.72. The molecule has 90 valence electrons. The number of thiophene rings is 1. The Morgan fingerprint density at radius 1 is 1.47 bits per heavy atom. The van der Waals surface area contributed by atoms with E-state index in [0.29, 0.717) is 4.88 Å². The van der Waals surface area contributed by atoms with Crippen LogP contribution in [0.15, 0.2) is 9.85 Å². The maximum Gasteiger partial charge on any atom is 0.265 e. The quantitative estimate of drug-likeness (QED) is 0.892. The van der Waals surface area contributed by atoms with Gasteiger partial charge in [0.15, 0.2) is 0 Å². The van der Waals surface area contributed by atoms with Crippen molar-refractivity contribution >= 4 is 38.9 Å². The second-order valence-electron chi connectivity index (χ2n) is 3.83. The Bertz CT molecular complexity index is 534. The van der Waals surface area contributed by atoms with Gasteiger partial charge in [0.25, 0.3) is 5.91 Å². The van der Waals surface area contributed by atoms with Crippen LogP contribution < -0.4 is 5.32 Å². The normalized spacial score (nSPS) is 10.6. The van der Waals surface area contributed by atoms with Crippen LogP contribution in [0, 0.1) is 20.8 Å². The van der Waals surface area contributed by atoms with Crippen molar-refractivity contribution in [2.75, 3.05) is 5.32 Å². The Balaban J connectivity index is 2.23. The summed E-state index contributed by atoms with van der Waals surface area (Å²) < 4.78 is 0.989. The highest BCUT2D eigenvalue weighted by molar-refractivity contribution is 9.11. The number of H-pyrrole nitrogens is 1. The first-order valence-corrected chi connectivity index (χ1v) is 6.69. The molecule has 4 nitrogen and oxygen atoms in total. The molecule has 0 fully saturated rings. The fraction of sp³-hybridized carbons (Fsp3) is 0.273. The number of hydrogen-bond donors (Lipinski definition) is 2. The minimum absolute atomic E-state index is 0.101. The van der Waals surface area contributed by atoms with Crippen molar-refractivity contribution in [3.8, 4) is 0 Å². The summed E-state index contributed by atoms with van der Waals surface area (Å²) in [6, 6.07) is 1.87. The number of nitrogens with zero attached hydrogens (tertiary/aromatic N) is 1. The van der Waals surface area contributed by atoms with Gasteiger partial charge >= 0.3 is 0 Å². The lowest BCUT2D eigenvalue weighted by Gasteiger charge is -2.02. The number of anilines is 1. The maximum atomic E-state index is 12.0. The number of rotatable bonds is 2. The van der Waals surface area contributed by atoms with Gasteiger partial charge in [-0.25, -0.2) is 0 Å². The lowest BCUT2D eigenvalue weighted by Crippen LogP contribution is -2.11. The molecule has 2 aromatic heterocycles. The molecule has 17 heavy (non-hydrogen) atoms. The molecule has 0 saturated heterocycles. The number of amides is 1. The van der Waals surface area contributed by atoms with Crippen molar-refractivity contribution in [1.82, 2.24) is 10.2 Å². The second-order valence-corrected chi connectivity index (χ2v) is 6.20. The van der Waals surface area contributed by atoms with E-state index in [1.807, 2.05) is 26.8 Å². The molecular weight excluding hydrogens is 302 g/mol. The number of halogens is 1. The van der Waals surface area contributed by atoms with E-state index in [2.05, 4.69) is 31.4 Å². The summed E-state index contributed by atoms with van der Waals surface area (Å²) in [7, 11) is 0. The fourth-order valence-electron chi connectivity index (χ4n) is 1.48. The minimum Gasteiger partial charge on any atom is -0.318 e. The van der Waals surface area contributed by atoms with E-state index in [1.165, 1.54) is 11.3 Å². The van der Waals surface area contributed by atoms with Crippen molar-refractivity contribution < 1.29 is 4.79 Å². The van der Waals surface area contributed by atoms with Crippen LogP contribution in [-0.4, -0.2) is 16.1 Å². The molecule has 0 bridgehead atoms. The van der Waals surface area contributed by atoms with Gasteiger partial charge in [-0.05, 0) is 48.3 Å². The molecular formula is C11H12BrN3OS. The van der Waals surface area contributed by atoms with Crippen molar-refractivity contribution in [1.29, 1.82) is 0 Å². The van der Waals surface area contributed by atoms with E-state index in [4.69, 9.17) is 0 Å². The van der Waals surface area contributed by atoms with Crippen molar-refractivity contribution in [2.45, 2.75) is 20.8 Å². The maximum absolute atomic E-state index is 12.0. The lowest BCUT2D eigenvalue weighted by molar-refractivity contribution is 0.103. The van der Waals surface area contributed by atoms with Crippen molar-refractivity contribution in [3.05, 3.63) is 31.7 Å². The molecule has 0 atom stereocenters. The molecule has 2 heterocycles. The number of carbonyl (C=O) groups is 1. The van der Waals surface area contributed by atoms with Gasteiger partial charge in [-0.15, -0.1) is 11.3 Å². The molecule has 0 aliphatic carbocycles. The molecule has 2 N–H and O–H groups in total. The number of carbonyl (C=O) groups excluding carboxylic acids is 1. The highest BCUT2D eigenvalue weighted by Crippen LogP contribution is 2.28. The predicted molar refractivity (Wildman–Crippen MR) is 72.8 cm³/mol. The zero-order chi connectivity index (χ0) is 12.6. The topological polar surface area (TPSA) is 57.8 Å². The van der Waals surface area contributed by atoms with Gasteiger partial charge in [0.2, 0.25) is 0 Å². The van der Waals surface area contributed by atoms with Gasteiger partial charge in [-0.2, -0.15) is 5.10 Å². The van der Waals surface area contributed by atoms with Crippen LogP contribution >= 0.6 is 27.3 Å². The first-order chi connectivity index (χ1) is 7.99. The SMILES string of the molecule is Cc1cc(C(=O)Nc2c(C)n[nH]c2C)sc1Br. The smallest absolute Gasteiger partial charge is 0.265 e. The number of hydrogen-bond acceptors (Lipinski definition) is 3. The van der Waals surface area contributed by atoms with E-state index in [9.17, 15) is 4.79 Å². The monoisotopic (exact) mass is 313 g/mol. The van der Waals surface area contributed by atoms with Crippen LogP contribution in [-0.2, 0) is 0 Å². The molecule has 0 spiro atoms. The first kappa shape index (κ1) is 12.3.